The minimum atomic E-state index is -3.45. The van der Waals surface area contributed by atoms with Gasteiger partial charge >= 0.3 is 0 Å². The van der Waals surface area contributed by atoms with Crippen molar-refractivity contribution in [3.8, 4) is 0 Å². The number of amidine groups is 1. The SMILES string of the molecule is CCc1ccc(S(=O)(=O)N2CCC3(CC2)NCCN=C3NC2CCCCCC2)cc1. The highest BCUT2D eigenvalue weighted by Gasteiger charge is 2.43. The minimum absolute atomic E-state index is 0.206. The molecule has 2 N–H and O–H groups in total. The maximum Gasteiger partial charge on any atom is 0.243 e. The van der Waals surface area contributed by atoms with Crippen LogP contribution in [0.5, 0.6) is 0 Å². The number of piperidine rings is 1. The van der Waals surface area contributed by atoms with Gasteiger partial charge in [-0.3, -0.25) is 4.99 Å². The molecule has 30 heavy (non-hydrogen) atoms. The van der Waals surface area contributed by atoms with Crippen LogP contribution in [0.1, 0.15) is 63.9 Å². The van der Waals surface area contributed by atoms with E-state index < -0.39 is 10.0 Å². The van der Waals surface area contributed by atoms with Gasteiger partial charge in [0, 0.05) is 25.7 Å². The molecule has 1 saturated carbocycles. The Morgan fingerprint density at radius 2 is 1.77 bits per heavy atom. The van der Waals surface area contributed by atoms with Gasteiger partial charge in [0.2, 0.25) is 10.0 Å². The summed E-state index contributed by atoms with van der Waals surface area (Å²) in [6.07, 6.45) is 10.1. The molecule has 0 aromatic heterocycles. The molecule has 3 aliphatic rings. The normalized spacial score (nSPS) is 23.7. The van der Waals surface area contributed by atoms with Crippen LogP contribution in [0.15, 0.2) is 34.2 Å². The van der Waals surface area contributed by atoms with Gasteiger partial charge in [-0.25, -0.2) is 8.42 Å². The van der Waals surface area contributed by atoms with E-state index in [1.54, 1.807) is 16.4 Å². The van der Waals surface area contributed by atoms with Crippen molar-refractivity contribution in [3.05, 3.63) is 29.8 Å². The van der Waals surface area contributed by atoms with E-state index in [4.69, 9.17) is 4.99 Å². The summed E-state index contributed by atoms with van der Waals surface area (Å²) in [7, 11) is -3.45. The van der Waals surface area contributed by atoms with Crippen LogP contribution in [0.3, 0.4) is 0 Å². The average Bonchev–Trinajstić information content (AvgIpc) is 3.05. The summed E-state index contributed by atoms with van der Waals surface area (Å²) >= 11 is 0. The molecule has 6 nitrogen and oxygen atoms in total. The first-order chi connectivity index (χ1) is 14.5. The number of sulfonamides is 1. The summed E-state index contributed by atoms with van der Waals surface area (Å²) in [5, 5.41) is 7.48. The fourth-order valence-electron chi connectivity index (χ4n) is 5.07. The third kappa shape index (κ3) is 4.58. The molecular formula is C23H36N4O2S. The molecule has 1 saturated heterocycles. The molecule has 0 amide bonds. The summed E-state index contributed by atoms with van der Waals surface area (Å²) < 4.78 is 28.0. The van der Waals surface area contributed by atoms with Crippen LogP contribution in [0.2, 0.25) is 0 Å². The van der Waals surface area contributed by atoms with E-state index in [1.165, 1.54) is 38.5 Å². The molecule has 2 aliphatic heterocycles. The molecule has 0 unspecified atom stereocenters. The Morgan fingerprint density at radius 3 is 2.40 bits per heavy atom. The number of nitrogens with zero attached hydrogens (tertiary/aromatic N) is 2. The Bertz CT molecular complexity index is 834. The molecule has 1 spiro atoms. The second-order valence-electron chi connectivity index (χ2n) is 8.97. The quantitative estimate of drug-likeness (QED) is 0.717. The van der Waals surface area contributed by atoms with Crippen LogP contribution in [-0.4, -0.2) is 56.3 Å². The lowest BCUT2D eigenvalue weighted by molar-refractivity contribution is 0.239. The van der Waals surface area contributed by atoms with Crippen LogP contribution in [0.4, 0.5) is 0 Å². The predicted octanol–water partition coefficient (Wildman–Crippen LogP) is 3.09. The Balaban J connectivity index is 1.44. The highest BCUT2D eigenvalue weighted by molar-refractivity contribution is 7.89. The second kappa shape index (κ2) is 9.37. The third-order valence-corrected chi connectivity index (χ3v) is 8.95. The summed E-state index contributed by atoms with van der Waals surface area (Å²) in [4.78, 5) is 5.27. The Hall–Kier alpha value is -1.44. The number of rotatable bonds is 4. The molecule has 1 aromatic carbocycles. The van der Waals surface area contributed by atoms with Gasteiger partial charge in [0.05, 0.1) is 17.0 Å². The van der Waals surface area contributed by atoms with Gasteiger partial charge in [0.1, 0.15) is 5.84 Å². The topological polar surface area (TPSA) is 73.8 Å². The van der Waals surface area contributed by atoms with Gasteiger partial charge in [-0.2, -0.15) is 4.31 Å². The van der Waals surface area contributed by atoms with Crippen molar-refractivity contribution in [1.29, 1.82) is 0 Å². The van der Waals surface area contributed by atoms with Gasteiger partial charge in [-0.05, 0) is 49.8 Å². The van der Waals surface area contributed by atoms with Crippen molar-refractivity contribution in [1.82, 2.24) is 14.9 Å². The molecule has 7 heteroatoms. The lowest BCUT2D eigenvalue weighted by Crippen LogP contribution is -2.65. The lowest BCUT2D eigenvalue weighted by Gasteiger charge is -2.45. The van der Waals surface area contributed by atoms with Crippen LogP contribution in [-0.2, 0) is 16.4 Å². The first-order valence-electron chi connectivity index (χ1n) is 11.7. The van der Waals surface area contributed by atoms with E-state index in [-0.39, 0.29) is 5.54 Å². The maximum atomic E-state index is 13.2. The first-order valence-corrected chi connectivity index (χ1v) is 13.1. The monoisotopic (exact) mass is 432 g/mol. The van der Waals surface area contributed by atoms with Gasteiger partial charge < -0.3 is 10.6 Å². The molecular weight excluding hydrogens is 396 g/mol. The van der Waals surface area contributed by atoms with Crippen molar-refractivity contribution >= 4 is 15.9 Å². The summed E-state index contributed by atoms with van der Waals surface area (Å²) in [6, 6.07) is 7.84. The zero-order valence-electron chi connectivity index (χ0n) is 18.2. The van der Waals surface area contributed by atoms with Gasteiger partial charge in [0.25, 0.3) is 0 Å². The lowest BCUT2D eigenvalue weighted by atomic mass is 9.85. The molecule has 0 radical (unpaired) electrons. The van der Waals surface area contributed by atoms with Crippen molar-refractivity contribution in [2.45, 2.75) is 81.2 Å². The average molecular weight is 433 g/mol. The van der Waals surface area contributed by atoms with E-state index in [0.717, 1.165) is 43.8 Å². The summed E-state index contributed by atoms with van der Waals surface area (Å²) in [5.74, 6) is 1.07. The van der Waals surface area contributed by atoms with E-state index >= 15 is 0 Å². The largest absolute Gasteiger partial charge is 0.370 e. The van der Waals surface area contributed by atoms with Crippen LogP contribution >= 0.6 is 0 Å². The molecule has 0 bridgehead atoms. The van der Waals surface area contributed by atoms with E-state index in [1.807, 2.05) is 12.1 Å². The van der Waals surface area contributed by atoms with E-state index in [9.17, 15) is 8.42 Å². The number of aryl methyl sites for hydroxylation is 1. The van der Waals surface area contributed by atoms with Gasteiger partial charge in [-0.15, -0.1) is 0 Å². The fourth-order valence-corrected chi connectivity index (χ4v) is 6.51. The highest BCUT2D eigenvalue weighted by atomic mass is 32.2. The molecule has 2 heterocycles. The van der Waals surface area contributed by atoms with Crippen molar-refractivity contribution in [3.63, 3.8) is 0 Å². The standard InChI is InChI=1S/C23H36N4O2S/c1-2-19-9-11-21(12-10-19)30(28,29)27-17-13-23(14-18-27)22(24-15-16-25-23)26-20-7-5-3-4-6-8-20/h9-12,20,25H,2-8,13-18H2,1H3,(H,24,26). The van der Waals surface area contributed by atoms with E-state index in [0.29, 0.717) is 24.0 Å². The highest BCUT2D eigenvalue weighted by Crippen LogP contribution is 2.30. The summed E-state index contributed by atoms with van der Waals surface area (Å²) in [5.41, 5.74) is 0.950. The number of hydrogen-bond acceptors (Lipinski definition) is 5. The molecule has 166 valence electrons. The van der Waals surface area contributed by atoms with Crippen LogP contribution < -0.4 is 10.6 Å². The molecule has 2 fully saturated rings. The summed E-state index contributed by atoms with van der Waals surface area (Å²) in [6.45, 7) is 4.78. The van der Waals surface area contributed by atoms with E-state index in [2.05, 4.69) is 17.6 Å². The minimum Gasteiger partial charge on any atom is -0.370 e. The second-order valence-corrected chi connectivity index (χ2v) is 10.9. The third-order valence-electron chi connectivity index (χ3n) is 7.04. The number of benzene rings is 1. The smallest absolute Gasteiger partial charge is 0.243 e. The fraction of sp³-hybridized carbons (Fsp3) is 0.696. The van der Waals surface area contributed by atoms with Crippen molar-refractivity contribution in [2.75, 3.05) is 26.2 Å². The first kappa shape index (κ1) is 21.8. The zero-order valence-corrected chi connectivity index (χ0v) is 19.0. The number of hydrogen-bond donors (Lipinski definition) is 2. The maximum absolute atomic E-state index is 13.2. The van der Waals surface area contributed by atoms with Gasteiger partial charge in [0.15, 0.2) is 0 Å². The Labute approximate surface area is 181 Å². The van der Waals surface area contributed by atoms with Gasteiger partial charge in [-0.1, -0.05) is 44.7 Å². The molecule has 1 aromatic rings. The van der Waals surface area contributed by atoms with Crippen LogP contribution in [0, 0.1) is 0 Å². The Kier molecular flexibility index (Phi) is 6.80. The van der Waals surface area contributed by atoms with Crippen molar-refractivity contribution < 1.29 is 8.42 Å². The number of nitrogens with one attached hydrogen (secondary N) is 2. The number of aliphatic imine (C=N–C) groups is 1. The molecule has 0 atom stereocenters. The predicted molar refractivity (Wildman–Crippen MR) is 121 cm³/mol. The molecule has 4 rings (SSSR count). The van der Waals surface area contributed by atoms with Crippen LogP contribution in [0.25, 0.3) is 0 Å². The zero-order chi connectivity index (χ0) is 21.0. The Morgan fingerprint density at radius 1 is 1.10 bits per heavy atom. The molecule has 1 aliphatic carbocycles. The van der Waals surface area contributed by atoms with Crippen molar-refractivity contribution in [2.24, 2.45) is 4.99 Å².